The fourth-order valence-electron chi connectivity index (χ4n) is 3.51. The van der Waals surface area contributed by atoms with E-state index in [9.17, 15) is 4.79 Å². The monoisotopic (exact) mass is 530 g/mol. The number of carbonyl (C=O) groups excluding carboxylic acids is 1. The van der Waals surface area contributed by atoms with Crippen LogP contribution in [0.3, 0.4) is 0 Å². The molecule has 1 unspecified atom stereocenters. The van der Waals surface area contributed by atoms with E-state index in [4.69, 9.17) is 9.73 Å². The average Bonchev–Trinajstić information content (AvgIpc) is 3.11. The highest BCUT2D eigenvalue weighted by atomic mass is 127. The van der Waals surface area contributed by atoms with E-state index in [1.165, 1.54) is 5.56 Å². The lowest BCUT2D eigenvalue weighted by atomic mass is 10.0. The molecule has 1 amide bonds. The van der Waals surface area contributed by atoms with Crippen LogP contribution in [-0.2, 0) is 22.6 Å². The molecular weight excluding hydrogens is 491 g/mol. The summed E-state index contributed by atoms with van der Waals surface area (Å²) in [5, 5.41) is 6.72. The number of likely N-dealkylation sites (tertiary alicyclic amines) is 1. The van der Waals surface area contributed by atoms with Crippen molar-refractivity contribution < 1.29 is 9.53 Å². The summed E-state index contributed by atoms with van der Waals surface area (Å²) in [6.45, 7) is 13.1. The minimum atomic E-state index is 0. The van der Waals surface area contributed by atoms with Crippen LogP contribution in [0.1, 0.15) is 58.1 Å². The third kappa shape index (κ3) is 9.20. The number of amides is 1. The molecule has 6 nitrogen and oxygen atoms in total. The zero-order valence-electron chi connectivity index (χ0n) is 18.9. The van der Waals surface area contributed by atoms with Crippen LogP contribution < -0.4 is 10.6 Å². The van der Waals surface area contributed by atoms with Crippen LogP contribution in [0, 0.1) is 5.92 Å². The third-order valence-corrected chi connectivity index (χ3v) is 5.18. The van der Waals surface area contributed by atoms with E-state index in [0.717, 1.165) is 50.6 Å². The number of hydrogen-bond acceptors (Lipinski definition) is 3. The van der Waals surface area contributed by atoms with Gasteiger partial charge in [-0.15, -0.1) is 24.0 Å². The molecule has 170 valence electrons. The van der Waals surface area contributed by atoms with Crippen LogP contribution in [0.25, 0.3) is 0 Å². The van der Waals surface area contributed by atoms with Gasteiger partial charge in [0.1, 0.15) is 0 Å². The van der Waals surface area contributed by atoms with Crippen molar-refractivity contribution in [3.8, 4) is 0 Å². The highest BCUT2D eigenvalue weighted by Crippen LogP contribution is 2.15. The lowest BCUT2D eigenvalue weighted by Gasteiger charge is -2.21. The average molecular weight is 530 g/mol. The molecule has 1 aromatic rings. The second kappa shape index (κ2) is 14.6. The van der Waals surface area contributed by atoms with Crippen molar-refractivity contribution in [2.75, 3.05) is 26.2 Å². The summed E-state index contributed by atoms with van der Waals surface area (Å²) in [7, 11) is 0. The summed E-state index contributed by atoms with van der Waals surface area (Å²) >= 11 is 0. The SMILES string of the molecule is CCNC(=NCc1ccc(CN2CCCC2=O)cc1)NCCC(OCC)C(C)C.I. The Hall–Kier alpha value is -1.35. The summed E-state index contributed by atoms with van der Waals surface area (Å²) < 4.78 is 5.81. The van der Waals surface area contributed by atoms with E-state index in [0.29, 0.717) is 25.4 Å². The Morgan fingerprint density at radius 1 is 1.17 bits per heavy atom. The van der Waals surface area contributed by atoms with E-state index >= 15 is 0 Å². The summed E-state index contributed by atoms with van der Waals surface area (Å²) in [5.41, 5.74) is 2.33. The molecule has 1 saturated heterocycles. The van der Waals surface area contributed by atoms with Crippen LogP contribution in [0.5, 0.6) is 0 Å². The zero-order valence-corrected chi connectivity index (χ0v) is 21.3. The molecule has 1 aliphatic rings. The molecule has 0 saturated carbocycles. The Balaban J connectivity index is 0.00000450. The summed E-state index contributed by atoms with van der Waals surface area (Å²) in [6.07, 6.45) is 2.90. The minimum Gasteiger partial charge on any atom is -0.378 e. The largest absolute Gasteiger partial charge is 0.378 e. The van der Waals surface area contributed by atoms with Gasteiger partial charge in [0.05, 0.1) is 12.6 Å². The van der Waals surface area contributed by atoms with E-state index in [-0.39, 0.29) is 36.0 Å². The number of halogens is 1. The smallest absolute Gasteiger partial charge is 0.222 e. The Bertz CT molecular complexity index is 649. The van der Waals surface area contributed by atoms with Gasteiger partial charge in [-0.1, -0.05) is 38.1 Å². The van der Waals surface area contributed by atoms with Crippen molar-refractivity contribution in [2.24, 2.45) is 10.9 Å². The van der Waals surface area contributed by atoms with Crippen LogP contribution in [0.15, 0.2) is 29.3 Å². The van der Waals surface area contributed by atoms with Gasteiger partial charge in [-0.2, -0.15) is 0 Å². The van der Waals surface area contributed by atoms with Gasteiger partial charge < -0.3 is 20.3 Å². The maximum atomic E-state index is 11.8. The molecule has 1 heterocycles. The number of nitrogens with zero attached hydrogens (tertiary/aromatic N) is 2. The van der Waals surface area contributed by atoms with Crippen LogP contribution in [0.2, 0.25) is 0 Å². The first-order valence-corrected chi connectivity index (χ1v) is 11.0. The number of carbonyl (C=O) groups is 1. The molecular formula is C23H39IN4O2. The summed E-state index contributed by atoms with van der Waals surface area (Å²) in [4.78, 5) is 18.4. The van der Waals surface area contributed by atoms with Gasteiger partial charge in [-0.05, 0) is 43.7 Å². The van der Waals surface area contributed by atoms with Gasteiger partial charge in [-0.3, -0.25) is 4.79 Å². The van der Waals surface area contributed by atoms with Crippen molar-refractivity contribution >= 4 is 35.8 Å². The topological polar surface area (TPSA) is 66.0 Å². The van der Waals surface area contributed by atoms with Gasteiger partial charge in [0.15, 0.2) is 5.96 Å². The molecule has 0 spiro atoms. The molecule has 2 rings (SSSR count). The van der Waals surface area contributed by atoms with Crippen molar-refractivity contribution in [3.63, 3.8) is 0 Å². The first-order valence-electron chi connectivity index (χ1n) is 11.0. The zero-order chi connectivity index (χ0) is 21.1. The molecule has 1 fully saturated rings. The number of ether oxygens (including phenoxy) is 1. The molecule has 2 N–H and O–H groups in total. The maximum absolute atomic E-state index is 11.8. The number of nitrogens with one attached hydrogen (secondary N) is 2. The van der Waals surface area contributed by atoms with Crippen LogP contribution >= 0.6 is 24.0 Å². The molecule has 1 aliphatic heterocycles. The molecule has 1 aromatic carbocycles. The van der Waals surface area contributed by atoms with E-state index in [2.05, 4.69) is 55.7 Å². The number of rotatable bonds is 11. The second-order valence-electron chi connectivity index (χ2n) is 7.88. The molecule has 7 heteroatoms. The molecule has 0 bridgehead atoms. The van der Waals surface area contributed by atoms with E-state index in [1.54, 1.807) is 0 Å². The normalized spacial score (nSPS) is 15.3. The molecule has 30 heavy (non-hydrogen) atoms. The second-order valence-corrected chi connectivity index (χ2v) is 7.88. The highest BCUT2D eigenvalue weighted by molar-refractivity contribution is 14.0. The first-order chi connectivity index (χ1) is 14.0. The number of hydrogen-bond donors (Lipinski definition) is 2. The van der Waals surface area contributed by atoms with E-state index in [1.807, 2.05) is 11.8 Å². The predicted molar refractivity (Wildman–Crippen MR) is 134 cm³/mol. The number of aliphatic imine (C=N–C) groups is 1. The fraction of sp³-hybridized carbons (Fsp3) is 0.652. The minimum absolute atomic E-state index is 0. The number of benzene rings is 1. The molecule has 0 aromatic heterocycles. The van der Waals surface area contributed by atoms with Gasteiger partial charge in [0, 0.05) is 39.2 Å². The molecule has 1 atom stereocenters. The van der Waals surface area contributed by atoms with Crippen molar-refractivity contribution in [2.45, 2.75) is 66.2 Å². The Morgan fingerprint density at radius 3 is 2.43 bits per heavy atom. The Morgan fingerprint density at radius 2 is 1.87 bits per heavy atom. The Labute approximate surface area is 199 Å². The highest BCUT2D eigenvalue weighted by Gasteiger charge is 2.19. The standard InChI is InChI=1S/C23H38N4O2.HI/c1-5-24-23(25-14-13-21(18(3)4)29-6-2)26-16-19-9-11-20(12-10-19)17-27-15-7-8-22(27)28;/h9-12,18,21H,5-8,13-17H2,1-4H3,(H2,24,25,26);1H. The quantitative estimate of drug-likeness (QED) is 0.259. The van der Waals surface area contributed by atoms with Gasteiger partial charge >= 0.3 is 0 Å². The Kier molecular flexibility index (Phi) is 13.0. The maximum Gasteiger partial charge on any atom is 0.222 e. The van der Waals surface area contributed by atoms with Crippen molar-refractivity contribution in [1.82, 2.24) is 15.5 Å². The van der Waals surface area contributed by atoms with Crippen LogP contribution in [0.4, 0.5) is 0 Å². The van der Waals surface area contributed by atoms with Crippen molar-refractivity contribution in [3.05, 3.63) is 35.4 Å². The van der Waals surface area contributed by atoms with Gasteiger partial charge in [0.25, 0.3) is 0 Å². The third-order valence-electron chi connectivity index (χ3n) is 5.18. The molecule has 0 aliphatic carbocycles. The molecule has 0 radical (unpaired) electrons. The summed E-state index contributed by atoms with van der Waals surface area (Å²) in [6, 6.07) is 8.41. The fourth-order valence-corrected chi connectivity index (χ4v) is 3.51. The lowest BCUT2D eigenvalue weighted by molar-refractivity contribution is -0.128. The predicted octanol–water partition coefficient (Wildman–Crippen LogP) is 3.93. The van der Waals surface area contributed by atoms with E-state index < -0.39 is 0 Å². The number of guanidine groups is 1. The van der Waals surface area contributed by atoms with Crippen LogP contribution in [-0.4, -0.2) is 49.1 Å². The first kappa shape index (κ1) is 26.7. The lowest BCUT2D eigenvalue weighted by Crippen LogP contribution is -2.39. The summed E-state index contributed by atoms with van der Waals surface area (Å²) in [5.74, 6) is 1.60. The van der Waals surface area contributed by atoms with Gasteiger partial charge in [-0.25, -0.2) is 4.99 Å². The van der Waals surface area contributed by atoms with Gasteiger partial charge in [0.2, 0.25) is 5.91 Å². The van der Waals surface area contributed by atoms with Crippen molar-refractivity contribution in [1.29, 1.82) is 0 Å².